The van der Waals surface area contributed by atoms with Gasteiger partial charge in [-0.15, -0.1) is 0 Å². The predicted molar refractivity (Wildman–Crippen MR) is 78.9 cm³/mol. The largest absolute Gasteiger partial charge is 0.298 e. The summed E-state index contributed by atoms with van der Waals surface area (Å²) in [5.74, 6) is 0.859. The van der Waals surface area contributed by atoms with Crippen molar-refractivity contribution in [3.05, 3.63) is 29.2 Å². The topological polar surface area (TPSA) is 49.7 Å². The van der Waals surface area contributed by atoms with E-state index in [1.54, 1.807) is 6.20 Å². The number of likely N-dealkylation sites (tertiary alicyclic amines) is 1. The highest BCUT2D eigenvalue weighted by atomic mass is 32.1. The lowest BCUT2D eigenvalue weighted by atomic mass is 10.2. The van der Waals surface area contributed by atoms with Crippen LogP contribution >= 0.6 is 12.2 Å². The Morgan fingerprint density at radius 2 is 2.10 bits per heavy atom. The Labute approximate surface area is 122 Å². The van der Waals surface area contributed by atoms with Crippen LogP contribution in [0.1, 0.15) is 25.3 Å². The van der Waals surface area contributed by atoms with Crippen LogP contribution in [0, 0.1) is 4.77 Å². The van der Waals surface area contributed by atoms with Crippen LogP contribution in [0.5, 0.6) is 0 Å². The van der Waals surface area contributed by atoms with Gasteiger partial charge in [0.1, 0.15) is 5.69 Å². The summed E-state index contributed by atoms with van der Waals surface area (Å²) < 4.78 is 2.85. The van der Waals surface area contributed by atoms with E-state index in [0.717, 1.165) is 30.5 Å². The van der Waals surface area contributed by atoms with E-state index in [0.29, 0.717) is 10.8 Å². The van der Waals surface area contributed by atoms with Gasteiger partial charge in [-0.2, -0.15) is 5.10 Å². The fraction of sp³-hybridized carbons (Fsp3) is 0.500. The normalized spacial score (nSPS) is 23.3. The molecule has 4 rings (SSSR count). The van der Waals surface area contributed by atoms with Crippen molar-refractivity contribution in [3.63, 3.8) is 0 Å². The van der Waals surface area contributed by atoms with E-state index in [9.17, 15) is 0 Å². The van der Waals surface area contributed by atoms with Gasteiger partial charge in [0.15, 0.2) is 10.6 Å². The molecule has 1 saturated carbocycles. The lowest BCUT2D eigenvalue weighted by Crippen LogP contribution is -2.24. The van der Waals surface area contributed by atoms with Crippen molar-refractivity contribution in [2.45, 2.75) is 31.3 Å². The average molecular weight is 287 g/mol. The maximum absolute atomic E-state index is 5.43. The van der Waals surface area contributed by atoms with Crippen LogP contribution < -0.4 is 0 Å². The molecule has 2 aromatic heterocycles. The van der Waals surface area contributed by atoms with Crippen LogP contribution in [0.4, 0.5) is 0 Å². The van der Waals surface area contributed by atoms with Gasteiger partial charge in [0.05, 0.1) is 6.04 Å². The molecule has 1 atom stereocenters. The smallest absolute Gasteiger partial charge is 0.195 e. The molecule has 3 heterocycles. The summed E-state index contributed by atoms with van der Waals surface area (Å²) in [5.41, 5.74) is 0.879. The molecule has 0 aromatic carbocycles. The number of pyridine rings is 1. The van der Waals surface area contributed by atoms with Crippen molar-refractivity contribution in [1.29, 1.82) is 0 Å². The second kappa shape index (κ2) is 4.79. The van der Waals surface area contributed by atoms with Gasteiger partial charge in [-0.25, -0.2) is 0 Å². The number of aromatic nitrogens is 4. The minimum atomic E-state index is 0.416. The maximum atomic E-state index is 5.43. The SMILES string of the molecule is S=c1[nH]nc(-c2ccccn2)n1C1CCN(C2CC2)C1. The summed E-state index contributed by atoms with van der Waals surface area (Å²) >= 11 is 5.43. The lowest BCUT2D eigenvalue weighted by molar-refractivity contribution is 0.313. The van der Waals surface area contributed by atoms with E-state index in [4.69, 9.17) is 12.2 Å². The molecule has 1 N–H and O–H groups in total. The molecule has 2 aliphatic rings. The average Bonchev–Trinajstić information content (AvgIpc) is 3.09. The summed E-state index contributed by atoms with van der Waals surface area (Å²) in [6.45, 7) is 2.25. The van der Waals surface area contributed by atoms with E-state index < -0.39 is 0 Å². The molecule has 2 fully saturated rings. The minimum Gasteiger partial charge on any atom is -0.298 e. The first-order chi connectivity index (χ1) is 9.83. The Hall–Kier alpha value is -1.53. The molecular weight excluding hydrogens is 270 g/mol. The molecule has 20 heavy (non-hydrogen) atoms. The zero-order valence-corrected chi connectivity index (χ0v) is 12.0. The Morgan fingerprint density at radius 1 is 1.20 bits per heavy atom. The zero-order chi connectivity index (χ0) is 13.5. The van der Waals surface area contributed by atoms with Crippen molar-refractivity contribution >= 4 is 12.2 Å². The number of hydrogen-bond acceptors (Lipinski definition) is 4. The molecule has 6 heteroatoms. The monoisotopic (exact) mass is 287 g/mol. The van der Waals surface area contributed by atoms with Crippen molar-refractivity contribution in [3.8, 4) is 11.5 Å². The molecule has 2 aromatic rings. The van der Waals surface area contributed by atoms with E-state index in [-0.39, 0.29) is 0 Å². The lowest BCUT2D eigenvalue weighted by Gasteiger charge is -2.16. The van der Waals surface area contributed by atoms with E-state index in [1.807, 2.05) is 18.2 Å². The first-order valence-corrected chi connectivity index (χ1v) is 7.56. The summed E-state index contributed by atoms with van der Waals surface area (Å²) in [6.07, 6.45) is 5.65. The maximum Gasteiger partial charge on any atom is 0.195 e. The van der Waals surface area contributed by atoms with Crippen LogP contribution in [0.25, 0.3) is 11.5 Å². The fourth-order valence-electron chi connectivity index (χ4n) is 3.07. The van der Waals surface area contributed by atoms with E-state index in [2.05, 4.69) is 24.6 Å². The molecule has 1 aliphatic carbocycles. The summed E-state index contributed by atoms with van der Waals surface area (Å²) in [7, 11) is 0. The third kappa shape index (κ3) is 2.09. The first-order valence-electron chi connectivity index (χ1n) is 7.15. The minimum absolute atomic E-state index is 0.416. The predicted octanol–water partition coefficient (Wildman–Crippen LogP) is 2.41. The third-order valence-electron chi connectivity index (χ3n) is 4.22. The number of H-pyrrole nitrogens is 1. The van der Waals surface area contributed by atoms with Crippen LogP contribution in [-0.2, 0) is 0 Å². The second-order valence-electron chi connectivity index (χ2n) is 5.61. The van der Waals surface area contributed by atoms with Gasteiger partial charge < -0.3 is 0 Å². The molecule has 104 valence electrons. The van der Waals surface area contributed by atoms with Crippen LogP contribution in [0.15, 0.2) is 24.4 Å². The number of aromatic amines is 1. The molecule has 1 unspecified atom stereocenters. The number of nitrogens with zero attached hydrogens (tertiary/aromatic N) is 4. The Kier molecular flexibility index (Phi) is 2.93. The Balaban J connectivity index is 1.68. The Morgan fingerprint density at radius 3 is 2.85 bits per heavy atom. The molecular formula is C14H17N5S. The van der Waals surface area contributed by atoms with Crippen molar-refractivity contribution in [2.24, 2.45) is 0 Å². The molecule has 0 spiro atoms. The summed E-state index contributed by atoms with van der Waals surface area (Å²) in [6, 6.07) is 7.11. The number of nitrogens with one attached hydrogen (secondary N) is 1. The summed E-state index contributed by atoms with van der Waals surface area (Å²) in [5, 5.41) is 7.31. The fourth-order valence-corrected chi connectivity index (χ4v) is 3.35. The van der Waals surface area contributed by atoms with Crippen LogP contribution in [0.3, 0.4) is 0 Å². The molecule has 5 nitrogen and oxygen atoms in total. The standard InChI is InChI=1S/C14H17N5S/c20-14-17-16-13(12-3-1-2-7-15-12)19(14)11-6-8-18(9-11)10-4-5-10/h1-3,7,10-11H,4-6,8-9H2,(H,17,20). The van der Waals surface area contributed by atoms with Crippen molar-refractivity contribution in [1.82, 2.24) is 24.6 Å². The zero-order valence-electron chi connectivity index (χ0n) is 11.2. The highest BCUT2D eigenvalue weighted by molar-refractivity contribution is 7.71. The quantitative estimate of drug-likeness (QED) is 0.881. The molecule has 0 bridgehead atoms. The van der Waals surface area contributed by atoms with Gasteiger partial charge in [0.25, 0.3) is 0 Å². The molecule has 1 aliphatic heterocycles. The van der Waals surface area contributed by atoms with Crippen molar-refractivity contribution < 1.29 is 0 Å². The second-order valence-corrected chi connectivity index (χ2v) is 5.99. The third-order valence-corrected chi connectivity index (χ3v) is 4.51. The first kappa shape index (κ1) is 12.2. The van der Waals surface area contributed by atoms with Gasteiger partial charge in [-0.1, -0.05) is 6.07 Å². The van der Waals surface area contributed by atoms with Gasteiger partial charge in [-0.05, 0) is 43.6 Å². The van der Waals surface area contributed by atoms with Gasteiger partial charge in [-0.3, -0.25) is 19.5 Å². The van der Waals surface area contributed by atoms with Gasteiger partial charge >= 0.3 is 0 Å². The Bertz CT molecular complexity index is 658. The summed E-state index contributed by atoms with van der Waals surface area (Å²) in [4.78, 5) is 6.98. The van der Waals surface area contributed by atoms with E-state index >= 15 is 0 Å². The number of hydrogen-bond donors (Lipinski definition) is 1. The highest BCUT2D eigenvalue weighted by Gasteiger charge is 2.36. The van der Waals surface area contributed by atoms with E-state index in [1.165, 1.54) is 19.4 Å². The number of rotatable bonds is 3. The molecule has 1 saturated heterocycles. The van der Waals surface area contributed by atoms with Crippen molar-refractivity contribution in [2.75, 3.05) is 13.1 Å². The molecule has 0 amide bonds. The van der Waals surface area contributed by atoms with Crippen LogP contribution in [0.2, 0.25) is 0 Å². The van der Waals surface area contributed by atoms with Crippen LogP contribution in [-0.4, -0.2) is 43.8 Å². The van der Waals surface area contributed by atoms with Gasteiger partial charge in [0, 0.05) is 25.3 Å². The highest BCUT2D eigenvalue weighted by Crippen LogP contribution is 2.34. The molecule has 0 radical (unpaired) electrons. The van der Waals surface area contributed by atoms with Gasteiger partial charge in [0.2, 0.25) is 0 Å².